The van der Waals surface area contributed by atoms with Gasteiger partial charge in [-0.05, 0) is 12.8 Å². The Morgan fingerprint density at radius 2 is 1.84 bits per heavy atom. The number of carbonyl (C=O) groups is 3. The van der Waals surface area contributed by atoms with Crippen LogP contribution in [0.5, 0.6) is 0 Å². The van der Waals surface area contributed by atoms with Gasteiger partial charge in [-0.3, -0.25) is 4.79 Å². The van der Waals surface area contributed by atoms with Crippen molar-refractivity contribution in [1.82, 2.24) is 10.6 Å². The predicted octanol–water partition coefficient (Wildman–Crippen LogP) is -0.517. The molecule has 108 valence electrons. The first kappa shape index (κ1) is 15.2. The molecule has 19 heavy (non-hydrogen) atoms. The Labute approximate surface area is 110 Å². The van der Waals surface area contributed by atoms with Gasteiger partial charge in [0.1, 0.15) is 6.04 Å². The number of urea groups is 1. The average Bonchev–Trinajstić information content (AvgIpc) is 2.30. The van der Waals surface area contributed by atoms with E-state index in [0.29, 0.717) is 0 Å². The molecule has 1 saturated carbocycles. The lowest BCUT2D eigenvalue weighted by Crippen LogP contribution is -2.55. The Morgan fingerprint density at radius 1 is 1.21 bits per heavy atom. The second kappa shape index (κ2) is 6.93. The zero-order chi connectivity index (χ0) is 14.4. The molecule has 0 bridgehead atoms. The van der Waals surface area contributed by atoms with Crippen molar-refractivity contribution in [3.8, 4) is 0 Å². The van der Waals surface area contributed by atoms with Crippen molar-refractivity contribution >= 4 is 18.0 Å². The number of carbonyl (C=O) groups excluding carboxylic acids is 1. The minimum absolute atomic E-state index is 0.151. The molecule has 0 spiro atoms. The summed E-state index contributed by atoms with van der Waals surface area (Å²) in [6.45, 7) is 0. The molecule has 0 heterocycles. The van der Waals surface area contributed by atoms with Crippen molar-refractivity contribution in [2.24, 2.45) is 5.73 Å². The van der Waals surface area contributed by atoms with E-state index in [2.05, 4.69) is 10.6 Å². The number of nitrogens with two attached hydrogens (primary N) is 1. The van der Waals surface area contributed by atoms with Gasteiger partial charge in [-0.1, -0.05) is 12.8 Å². The van der Waals surface area contributed by atoms with Crippen molar-refractivity contribution in [3.05, 3.63) is 0 Å². The second-order valence-corrected chi connectivity index (χ2v) is 4.66. The molecule has 3 unspecified atom stereocenters. The van der Waals surface area contributed by atoms with Gasteiger partial charge in [0.25, 0.3) is 0 Å². The van der Waals surface area contributed by atoms with E-state index in [1.165, 1.54) is 0 Å². The van der Waals surface area contributed by atoms with E-state index in [-0.39, 0.29) is 12.1 Å². The number of hydrogen-bond acceptors (Lipinski definition) is 4. The van der Waals surface area contributed by atoms with Crippen molar-refractivity contribution < 1.29 is 24.6 Å². The Kier molecular flexibility index (Phi) is 5.56. The van der Waals surface area contributed by atoms with E-state index in [0.717, 1.165) is 25.7 Å². The lowest BCUT2D eigenvalue weighted by atomic mass is 9.91. The van der Waals surface area contributed by atoms with Crippen LogP contribution in [0.25, 0.3) is 0 Å². The summed E-state index contributed by atoms with van der Waals surface area (Å²) < 4.78 is 0. The standard InChI is InChI=1S/C11H19N3O5/c12-6-3-1-2-4-7(6)13-11(19)14-8(10(17)18)5-9(15)16/h6-8H,1-5,12H2,(H,15,16)(H,17,18)(H2,13,14,19). The highest BCUT2D eigenvalue weighted by molar-refractivity contribution is 5.86. The van der Waals surface area contributed by atoms with E-state index in [1.807, 2.05) is 0 Å². The zero-order valence-electron chi connectivity index (χ0n) is 10.5. The lowest BCUT2D eigenvalue weighted by molar-refractivity contribution is -0.145. The fraction of sp³-hybridized carbons (Fsp3) is 0.727. The van der Waals surface area contributed by atoms with Crippen LogP contribution in [0.2, 0.25) is 0 Å². The van der Waals surface area contributed by atoms with Crippen LogP contribution in [0.1, 0.15) is 32.1 Å². The number of aliphatic carboxylic acids is 2. The molecular formula is C11H19N3O5. The van der Waals surface area contributed by atoms with Crippen LogP contribution in [0, 0.1) is 0 Å². The van der Waals surface area contributed by atoms with Crippen molar-refractivity contribution in [2.75, 3.05) is 0 Å². The highest BCUT2D eigenvalue weighted by atomic mass is 16.4. The Morgan fingerprint density at radius 3 is 2.37 bits per heavy atom. The average molecular weight is 273 g/mol. The molecule has 6 N–H and O–H groups in total. The van der Waals surface area contributed by atoms with Crippen molar-refractivity contribution in [1.29, 1.82) is 0 Å². The summed E-state index contributed by atoms with van der Waals surface area (Å²) in [4.78, 5) is 32.9. The van der Waals surface area contributed by atoms with Gasteiger partial charge in [-0.25, -0.2) is 9.59 Å². The molecule has 0 radical (unpaired) electrons. The molecule has 8 heteroatoms. The molecule has 1 rings (SSSR count). The molecular weight excluding hydrogens is 254 g/mol. The minimum Gasteiger partial charge on any atom is -0.481 e. The van der Waals surface area contributed by atoms with Crippen LogP contribution < -0.4 is 16.4 Å². The van der Waals surface area contributed by atoms with Crippen LogP contribution >= 0.6 is 0 Å². The third-order valence-electron chi connectivity index (χ3n) is 3.12. The fourth-order valence-electron chi connectivity index (χ4n) is 2.08. The van der Waals surface area contributed by atoms with Crippen LogP contribution in [-0.2, 0) is 9.59 Å². The maximum atomic E-state index is 11.6. The maximum Gasteiger partial charge on any atom is 0.326 e. The minimum atomic E-state index is -1.45. The van der Waals surface area contributed by atoms with Gasteiger partial charge in [0, 0.05) is 12.1 Å². The van der Waals surface area contributed by atoms with Crippen LogP contribution in [0.4, 0.5) is 4.79 Å². The number of hydrogen-bond donors (Lipinski definition) is 5. The second-order valence-electron chi connectivity index (χ2n) is 4.66. The summed E-state index contributed by atoms with van der Waals surface area (Å²) >= 11 is 0. The van der Waals surface area contributed by atoms with Gasteiger partial charge in [0.05, 0.1) is 6.42 Å². The van der Waals surface area contributed by atoms with E-state index >= 15 is 0 Å². The number of nitrogens with one attached hydrogen (secondary N) is 2. The largest absolute Gasteiger partial charge is 0.481 e. The monoisotopic (exact) mass is 273 g/mol. The van der Waals surface area contributed by atoms with E-state index in [1.54, 1.807) is 0 Å². The Hall–Kier alpha value is -1.83. The molecule has 1 fully saturated rings. The molecule has 0 saturated heterocycles. The Bertz CT molecular complexity index is 360. The van der Waals surface area contributed by atoms with Gasteiger partial charge in [0.15, 0.2) is 0 Å². The molecule has 2 amide bonds. The molecule has 3 atom stereocenters. The van der Waals surface area contributed by atoms with Crippen LogP contribution in [0.15, 0.2) is 0 Å². The third-order valence-corrected chi connectivity index (χ3v) is 3.12. The number of carboxylic acid groups (broad SMARTS) is 2. The summed E-state index contributed by atoms with van der Waals surface area (Å²) in [7, 11) is 0. The van der Waals surface area contributed by atoms with Crippen molar-refractivity contribution in [3.63, 3.8) is 0 Å². The molecule has 8 nitrogen and oxygen atoms in total. The molecule has 1 aliphatic carbocycles. The highest BCUT2D eigenvalue weighted by Gasteiger charge is 2.27. The molecule has 0 aromatic rings. The summed E-state index contributed by atoms with van der Waals surface area (Å²) in [6.07, 6.45) is 2.85. The van der Waals surface area contributed by atoms with Gasteiger partial charge >= 0.3 is 18.0 Å². The van der Waals surface area contributed by atoms with E-state index in [4.69, 9.17) is 15.9 Å². The summed E-state index contributed by atoms with van der Waals surface area (Å²) in [5.74, 6) is -2.67. The quantitative estimate of drug-likeness (QED) is 0.456. The van der Waals surface area contributed by atoms with Crippen LogP contribution in [-0.4, -0.2) is 46.3 Å². The fourth-order valence-corrected chi connectivity index (χ4v) is 2.08. The predicted molar refractivity (Wildman–Crippen MR) is 65.6 cm³/mol. The Balaban J connectivity index is 2.47. The molecule has 1 aliphatic rings. The van der Waals surface area contributed by atoms with Gasteiger partial charge in [-0.15, -0.1) is 0 Å². The molecule has 0 aliphatic heterocycles. The normalized spacial score (nSPS) is 24.3. The highest BCUT2D eigenvalue weighted by Crippen LogP contribution is 2.16. The summed E-state index contributed by atoms with van der Waals surface area (Å²) in [5, 5.41) is 22.1. The first-order valence-electron chi connectivity index (χ1n) is 6.17. The summed E-state index contributed by atoms with van der Waals surface area (Å²) in [5.41, 5.74) is 5.85. The van der Waals surface area contributed by atoms with Gasteiger partial charge in [-0.2, -0.15) is 0 Å². The topological polar surface area (TPSA) is 142 Å². The van der Waals surface area contributed by atoms with Gasteiger partial charge < -0.3 is 26.6 Å². The SMILES string of the molecule is NC1CCCCC1NC(=O)NC(CC(=O)O)C(=O)O. The third kappa shape index (κ3) is 5.12. The number of carboxylic acids is 2. The zero-order valence-corrected chi connectivity index (χ0v) is 10.5. The van der Waals surface area contributed by atoms with E-state index in [9.17, 15) is 14.4 Å². The number of amides is 2. The van der Waals surface area contributed by atoms with E-state index < -0.39 is 30.4 Å². The molecule has 0 aromatic carbocycles. The number of rotatable bonds is 5. The van der Waals surface area contributed by atoms with Crippen molar-refractivity contribution in [2.45, 2.75) is 50.2 Å². The smallest absolute Gasteiger partial charge is 0.326 e. The maximum absolute atomic E-state index is 11.6. The molecule has 0 aromatic heterocycles. The summed E-state index contributed by atoms with van der Waals surface area (Å²) in [6, 6.07) is -2.50. The lowest BCUT2D eigenvalue weighted by Gasteiger charge is -2.29. The first-order chi connectivity index (χ1) is 8.90. The first-order valence-corrected chi connectivity index (χ1v) is 6.17. The van der Waals surface area contributed by atoms with Crippen LogP contribution in [0.3, 0.4) is 0 Å². The van der Waals surface area contributed by atoms with Gasteiger partial charge in [0.2, 0.25) is 0 Å².